The molecule has 2 N–H and O–H groups in total. The van der Waals surface area contributed by atoms with Crippen LogP contribution in [0.5, 0.6) is 0 Å². The standard InChI is InChI=1S/C13H18N2O2/c1-9-6-7-10(8-14-9)12(13(16)17)15-11-4-2-3-5-11/h6-8,11-12,15H,2-5H2,1H3,(H,16,17). The van der Waals surface area contributed by atoms with Crippen molar-refractivity contribution in [3.05, 3.63) is 29.6 Å². The third kappa shape index (κ3) is 3.03. The topological polar surface area (TPSA) is 62.2 Å². The van der Waals surface area contributed by atoms with Crippen molar-refractivity contribution < 1.29 is 9.90 Å². The highest BCUT2D eigenvalue weighted by Crippen LogP contribution is 2.22. The number of rotatable bonds is 4. The summed E-state index contributed by atoms with van der Waals surface area (Å²) in [5.74, 6) is -0.831. The molecule has 17 heavy (non-hydrogen) atoms. The Hall–Kier alpha value is -1.42. The van der Waals surface area contributed by atoms with Crippen molar-refractivity contribution in [3.8, 4) is 0 Å². The van der Waals surface area contributed by atoms with E-state index >= 15 is 0 Å². The molecule has 0 aliphatic heterocycles. The minimum atomic E-state index is -0.831. The average Bonchev–Trinajstić information content (AvgIpc) is 2.80. The molecule has 1 fully saturated rings. The monoisotopic (exact) mass is 234 g/mol. The molecule has 92 valence electrons. The lowest BCUT2D eigenvalue weighted by atomic mass is 10.1. The maximum absolute atomic E-state index is 11.3. The third-order valence-electron chi connectivity index (χ3n) is 3.27. The summed E-state index contributed by atoms with van der Waals surface area (Å²) in [5, 5.41) is 12.5. The molecule has 1 aromatic heterocycles. The molecule has 0 aromatic carbocycles. The summed E-state index contributed by atoms with van der Waals surface area (Å²) in [7, 11) is 0. The van der Waals surface area contributed by atoms with Gasteiger partial charge in [-0.3, -0.25) is 15.1 Å². The summed E-state index contributed by atoms with van der Waals surface area (Å²) in [6, 6.07) is 3.38. The quantitative estimate of drug-likeness (QED) is 0.837. The van der Waals surface area contributed by atoms with Crippen LogP contribution in [0, 0.1) is 6.92 Å². The Morgan fingerprint density at radius 2 is 2.18 bits per heavy atom. The highest BCUT2D eigenvalue weighted by atomic mass is 16.4. The molecule has 1 aliphatic rings. The van der Waals surface area contributed by atoms with E-state index in [2.05, 4.69) is 10.3 Å². The van der Waals surface area contributed by atoms with Crippen LogP contribution in [-0.4, -0.2) is 22.1 Å². The van der Waals surface area contributed by atoms with Crippen LogP contribution in [0.3, 0.4) is 0 Å². The molecule has 1 heterocycles. The van der Waals surface area contributed by atoms with E-state index in [4.69, 9.17) is 0 Å². The lowest BCUT2D eigenvalue weighted by Gasteiger charge is -2.19. The SMILES string of the molecule is Cc1ccc(C(NC2CCCC2)C(=O)O)cn1. The first-order valence-electron chi connectivity index (χ1n) is 6.08. The normalized spacial score (nSPS) is 18.2. The smallest absolute Gasteiger partial charge is 0.325 e. The van der Waals surface area contributed by atoms with Gasteiger partial charge in [-0.2, -0.15) is 0 Å². The van der Waals surface area contributed by atoms with Gasteiger partial charge in [0.25, 0.3) is 0 Å². The van der Waals surface area contributed by atoms with E-state index in [-0.39, 0.29) is 0 Å². The molecule has 1 unspecified atom stereocenters. The van der Waals surface area contributed by atoms with E-state index in [0.717, 1.165) is 24.1 Å². The third-order valence-corrected chi connectivity index (χ3v) is 3.27. The molecule has 4 nitrogen and oxygen atoms in total. The molecule has 0 amide bonds. The summed E-state index contributed by atoms with van der Waals surface area (Å²) in [6.45, 7) is 1.89. The van der Waals surface area contributed by atoms with Crippen LogP contribution in [0.4, 0.5) is 0 Å². The van der Waals surface area contributed by atoms with Gasteiger partial charge in [0, 0.05) is 17.9 Å². The summed E-state index contributed by atoms with van der Waals surface area (Å²) >= 11 is 0. The molecule has 0 radical (unpaired) electrons. The molecular weight excluding hydrogens is 216 g/mol. The number of nitrogens with zero attached hydrogens (tertiary/aromatic N) is 1. The Bertz CT molecular complexity index is 383. The molecule has 2 rings (SSSR count). The van der Waals surface area contributed by atoms with Crippen molar-refractivity contribution in [2.75, 3.05) is 0 Å². The molecule has 4 heteroatoms. The van der Waals surface area contributed by atoms with Crippen LogP contribution in [0.25, 0.3) is 0 Å². The molecule has 0 bridgehead atoms. The summed E-state index contributed by atoms with van der Waals surface area (Å²) in [5.41, 5.74) is 1.63. The van der Waals surface area contributed by atoms with Crippen molar-refractivity contribution in [3.63, 3.8) is 0 Å². The van der Waals surface area contributed by atoms with E-state index in [0.29, 0.717) is 6.04 Å². The van der Waals surface area contributed by atoms with Crippen LogP contribution in [0.1, 0.15) is 43.0 Å². The number of nitrogens with one attached hydrogen (secondary N) is 1. The fraction of sp³-hybridized carbons (Fsp3) is 0.538. The van der Waals surface area contributed by atoms with E-state index in [1.165, 1.54) is 12.8 Å². The highest BCUT2D eigenvalue weighted by molar-refractivity contribution is 5.75. The number of aryl methyl sites for hydroxylation is 1. The molecular formula is C13H18N2O2. The van der Waals surface area contributed by atoms with Crippen molar-refractivity contribution in [1.82, 2.24) is 10.3 Å². The van der Waals surface area contributed by atoms with Crippen molar-refractivity contribution in [2.24, 2.45) is 0 Å². The molecule has 1 aromatic rings. The number of carbonyl (C=O) groups is 1. The second-order valence-corrected chi connectivity index (χ2v) is 4.65. The number of hydrogen-bond donors (Lipinski definition) is 2. The Kier molecular flexibility index (Phi) is 3.74. The van der Waals surface area contributed by atoms with Crippen molar-refractivity contribution in [1.29, 1.82) is 0 Å². The van der Waals surface area contributed by atoms with Crippen LogP contribution in [0.2, 0.25) is 0 Å². The number of aromatic nitrogens is 1. The summed E-state index contributed by atoms with van der Waals surface area (Å²) in [4.78, 5) is 15.4. The maximum Gasteiger partial charge on any atom is 0.325 e. The Morgan fingerprint density at radius 1 is 1.47 bits per heavy atom. The molecule has 0 spiro atoms. The Morgan fingerprint density at radius 3 is 2.71 bits per heavy atom. The van der Waals surface area contributed by atoms with Crippen molar-refractivity contribution >= 4 is 5.97 Å². The lowest BCUT2D eigenvalue weighted by molar-refractivity contribution is -0.139. The number of pyridine rings is 1. The zero-order valence-corrected chi connectivity index (χ0v) is 10.0. The van der Waals surface area contributed by atoms with E-state index < -0.39 is 12.0 Å². The van der Waals surface area contributed by atoms with Gasteiger partial charge in [0.2, 0.25) is 0 Å². The predicted octanol–water partition coefficient (Wildman–Crippen LogP) is 2.05. The van der Waals surface area contributed by atoms with Gasteiger partial charge < -0.3 is 5.11 Å². The van der Waals surface area contributed by atoms with Gasteiger partial charge >= 0.3 is 5.97 Å². The number of hydrogen-bond acceptors (Lipinski definition) is 3. The minimum absolute atomic E-state index is 0.331. The van der Waals surface area contributed by atoms with Gasteiger partial charge in [-0.25, -0.2) is 0 Å². The first kappa shape index (κ1) is 12.0. The molecule has 1 aliphatic carbocycles. The van der Waals surface area contributed by atoms with Crippen molar-refractivity contribution in [2.45, 2.75) is 44.7 Å². The van der Waals surface area contributed by atoms with E-state index in [9.17, 15) is 9.90 Å². The highest BCUT2D eigenvalue weighted by Gasteiger charge is 2.25. The van der Waals surface area contributed by atoms with Gasteiger partial charge in [0.05, 0.1) is 0 Å². The number of carboxylic acids is 1. The Labute approximate surface area is 101 Å². The van der Waals surface area contributed by atoms with Gasteiger partial charge in [-0.05, 0) is 31.4 Å². The van der Waals surface area contributed by atoms with Crippen LogP contribution in [0.15, 0.2) is 18.3 Å². The second kappa shape index (κ2) is 5.27. The maximum atomic E-state index is 11.3. The molecule has 1 saturated carbocycles. The first-order valence-corrected chi connectivity index (χ1v) is 6.08. The fourth-order valence-electron chi connectivity index (χ4n) is 2.29. The Balaban J connectivity index is 2.10. The largest absolute Gasteiger partial charge is 0.480 e. The zero-order valence-electron chi connectivity index (χ0n) is 10.0. The van der Waals surface area contributed by atoms with Crippen LogP contribution in [-0.2, 0) is 4.79 Å². The summed E-state index contributed by atoms with van der Waals surface area (Å²) in [6.07, 6.45) is 6.18. The van der Waals surface area contributed by atoms with Crippen LogP contribution < -0.4 is 5.32 Å². The number of aliphatic carboxylic acids is 1. The second-order valence-electron chi connectivity index (χ2n) is 4.65. The zero-order chi connectivity index (χ0) is 12.3. The van der Waals surface area contributed by atoms with Crippen LogP contribution >= 0.6 is 0 Å². The lowest BCUT2D eigenvalue weighted by Crippen LogP contribution is -2.35. The number of carboxylic acid groups (broad SMARTS) is 1. The average molecular weight is 234 g/mol. The van der Waals surface area contributed by atoms with Gasteiger partial charge in [0.15, 0.2) is 0 Å². The fourth-order valence-corrected chi connectivity index (χ4v) is 2.29. The van der Waals surface area contributed by atoms with Gasteiger partial charge in [0.1, 0.15) is 6.04 Å². The first-order chi connectivity index (χ1) is 8.16. The van der Waals surface area contributed by atoms with Gasteiger partial charge in [-0.1, -0.05) is 18.9 Å². The molecule has 1 atom stereocenters. The molecule has 0 saturated heterocycles. The van der Waals surface area contributed by atoms with E-state index in [1.54, 1.807) is 6.20 Å². The van der Waals surface area contributed by atoms with Gasteiger partial charge in [-0.15, -0.1) is 0 Å². The van der Waals surface area contributed by atoms with E-state index in [1.807, 2.05) is 19.1 Å². The minimum Gasteiger partial charge on any atom is -0.480 e. The summed E-state index contributed by atoms with van der Waals surface area (Å²) < 4.78 is 0. The predicted molar refractivity (Wildman–Crippen MR) is 64.7 cm³/mol.